The van der Waals surface area contributed by atoms with Crippen molar-refractivity contribution in [2.75, 3.05) is 26.2 Å². The van der Waals surface area contributed by atoms with Gasteiger partial charge in [0, 0.05) is 13.1 Å². The van der Waals surface area contributed by atoms with Crippen LogP contribution in [0.1, 0.15) is 12.8 Å². The molecule has 1 aliphatic rings. The quantitative estimate of drug-likeness (QED) is 0.422. The fourth-order valence-electron chi connectivity index (χ4n) is 1.22. The maximum atomic E-state index is 5.00. The van der Waals surface area contributed by atoms with Crippen LogP contribution in [0.25, 0.3) is 0 Å². The van der Waals surface area contributed by atoms with Crippen molar-refractivity contribution < 1.29 is 28.2 Å². The first kappa shape index (κ1) is 18.9. The van der Waals surface area contributed by atoms with Gasteiger partial charge in [-0.05, 0) is 12.8 Å². The molecular weight excluding hydrogens is 255 g/mol. The van der Waals surface area contributed by atoms with E-state index in [4.69, 9.17) is 9.68 Å². The Kier molecular flexibility index (Phi) is 15.2. The van der Waals surface area contributed by atoms with Crippen molar-refractivity contribution in [2.45, 2.75) is 12.8 Å². The van der Waals surface area contributed by atoms with Gasteiger partial charge in [-0.1, -0.05) is 26.2 Å². The summed E-state index contributed by atoms with van der Waals surface area (Å²) in [5.41, 5.74) is 0. The Labute approximate surface area is 117 Å². The van der Waals surface area contributed by atoms with Gasteiger partial charge in [0.25, 0.3) is 0 Å². The molecule has 1 aliphatic heterocycles. The molecule has 1 heterocycles. The van der Waals surface area contributed by atoms with Gasteiger partial charge in [-0.15, -0.1) is 5.06 Å². The maximum Gasteiger partial charge on any atom is 2.00 e. The predicted molar refractivity (Wildman–Crippen MR) is 65.7 cm³/mol. The van der Waals surface area contributed by atoms with Crippen LogP contribution in [0.3, 0.4) is 0 Å². The van der Waals surface area contributed by atoms with E-state index in [0.29, 0.717) is 13.1 Å². The molecule has 0 amide bonds. The maximum absolute atomic E-state index is 5.00. The standard InChI is InChI=1S/2C6H11NO.V/c1-2-8-7-5-3-4-6-7;1-4-7(5-2)8-6-3;/h2H,1,3-6H2;6H,1-5H2;/q;-2;+2. The van der Waals surface area contributed by atoms with Crippen LogP contribution >= 0.6 is 0 Å². The molecule has 0 N–H and O–H groups in total. The first-order valence-corrected chi connectivity index (χ1v) is 5.42. The summed E-state index contributed by atoms with van der Waals surface area (Å²) < 4.78 is 0. The minimum Gasteiger partial charge on any atom is -0.419 e. The van der Waals surface area contributed by atoms with Crippen LogP contribution in [-0.4, -0.2) is 36.3 Å². The van der Waals surface area contributed by atoms with E-state index in [9.17, 15) is 0 Å². The molecule has 0 bridgehead atoms. The monoisotopic (exact) mass is 277 g/mol. The summed E-state index contributed by atoms with van der Waals surface area (Å²) in [6, 6.07) is 0. The molecule has 5 heteroatoms. The van der Waals surface area contributed by atoms with Crippen molar-refractivity contribution in [3.63, 3.8) is 0 Å². The molecule has 1 radical (unpaired) electrons. The van der Waals surface area contributed by atoms with Crippen LogP contribution in [0.2, 0.25) is 0 Å². The number of hydroxylamine groups is 4. The average molecular weight is 277 g/mol. The van der Waals surface area contributed by atoms with Crippen LogP contribution < -0.4 is 0 Å². The third-order valence-corrected chi connectivity index (χ3v) is 2.01. The summed E-state index contributed by atoms with van der Waals surface area (Å²) in [7, 11) is 0. The SMILES string of the molecule is C=CON(C[CH2-])C[CH2-].C=CON1CCCC1.[V+2]. The van der Waals surface area contributed by atoms with E-state index in [0.717, 1.165) is 13.1 Å². The summed E-state index contributed by atoms with van der Waals surface area (Å²) >= 11 is 0. The molecule has 0 aliphatic carbocycles. The zero-order chi connectivity index (χ0) is 12.2. The number of nitrogens with zero attached hydrogens (tertiary/aromatic N) is 2. The summed E-state index contributed by atoms with van der Waals surface area (Å²) in [6.45, 7) is 17.3. The van der Waals surface area contributed by atoms with Crippen molar-refractivity contribution in [1.82, 2.24) is 10.1 Å². The third-order valence-electron chi connectivity index (χ3n) is 2.01. The van der Waals surface area contributed by atoms with Crippen molar-refractivity contribution in [3.05, 3.63) is 39.5 Å². The minimum absolute atomic E-state index is 0. The van der Waals surface area contributed by atoms with Gasteiger partial charge in [0.2, 0.25) is 0 Å². The molecule has 4 nitrogen and oxygen atoms in total. The van der Waals surface area contributed by atoms with Crippen LogP contribution in [0, 0.1) is 13.8 Å². The van der Waals surface area contributed by atoms with E-state index < -0.39 is 0 Å². The van der Waals surface area contributed by atoms with Crippen LogP contribution in [-0.2, 0) is 28.2 Å². The summed E-state index contributed by atoms with van der Waals surface area (Å²) in [6.07, 6.45) is 5.35. The Balaban J connectivity index is 0. The molecule has 1 fully saturated rings. The molecule has 0 aromatic heterocycles. The fraction of sp³-hybridized carbons (Fsp3) is 0.500. The molecule has 97 valence electrons. The first-order valence-electron chi connectivity index (χ1n) is 5.42. The van der Waals surface area contributed by atoms with E-state index >= 15 is 0 Å². The Morgan fingerprint density at radius 1 is 1.12 bits per heavy atom. The van der Waals surface area contributed by atoms with Gasteiger partial charge in [-0.3, -0.25) is 0 Å². The van der Waals surface area contributed by atoms with Gasteiger partial charge in [-0.25, -0.2) is 5.06 Å². The Morgan fingerprint density at radius 2 is 1.65 bits per heavy atom. The third kappa shape index (κ3) is 10.5. The van der Waals surface area contributed by atoms with Crippen molar-refractivity contribution in [1.29, 1.82) is 0 Å². The Morgan fingerprint density at radius 3 is 1.94 bits per heavy atom. The van der Waals surface area contributed by atoms with Crippen LogP contribution in [0.5, 0.6) is 0 Å². The smallest absolute Gasteiger partial charge is 0.419 e. The second kappa shape index (κ2) is 13.6. The van der Waals surface area contributed by atoms with Gasteiger partial charge in [-0.2, -0.15) is 0 Å². The topological polar surface area (TPSA) is 24.9 Å². The van der Waals surface area contributed by atoms with E-state index in [-0.39, 0.29) is 18.6 Å². The molecule has 1 saturated heterocycles. The number of hydrogen-bond acceptors (Lipinski definition) is 4. The summed E-state index contributed by atoms with van der Waals surface area (Å²) in [4.78, 5) is 9.81. The first-order chi connectivity index (χ1) is 7.78. The van der Waals surface area contributed by atoms with Gasteiger partial charge >= 0.3 is 18.6 Å². The second-order valence-corrected chi connectivity index (χ2v) is 3.11. The summed E-state index contributed by atoms with van der Waals surface area (Å²) in [5.74, 6) is 0. The van der Waals surface area contributed by atoms with Gasteiger partial charge < -0.3 is 23.5 Å². The Hall–Kier alpha value is -0.416. The van der Waals surface area contributed by atoms with Crippen molar-refractivity contribution in [3.8, 4) is 0 Å². The largest absolute Gasteiger partial charge is 2.00 e. The predicted octanol–water partition coefficient (Wildman–Crippen LogP) is 2.19. The van der Waals surface area contributed by atoms with Crippen LogP contribution in [0.4, 0.5) is 0 Å². The minimum atomic E-state index is 0. The molecule has 0 unspecified atom stereocenters. The van der Waals surface area contributed by atoms with Crippen molar-refractivity contribution >= 4 is 0 Å². The zero-order valence-electron chi connectivity index (χ0n) is 10.4. The molecule has 0 atom stereocenters. The van der Waals surface area contributed by atoms with Gasteiger partial charge in [0.1, 0.15) is 12.5 Å². The molecule has 1 rings (SSSR count). The summed E-state index contributed by atoms with van der Waals surface area (Å²) in [5, 5.41) is 3.51. The number of hydrogen-bond donors (Lipinski definition) is 0. The average Bonchev–Trinajstić information content (AvgIpc) is 2.80. The second-order valence-electron chi connectivity index (χ2n) is 3.11. The van der Waals surface area contributed by atoms with E-state index in [2.05, 4.69) is 27.0 Å². The fourth-order valence-corrected chi connectivity index (χ4v) is 1.22. The molecule has 17 heavy (non-hydrogen) atoms. The number of rotatable bonds is 6. The zero-order valence-corrected chi connectivity index (χ0v) is 11.8. The van der Waals surface area contributed by atoms with E-state index in [1.54, 1.807) is 5.06 Å². The molecule has 0 aromatic carbocycles. The van der Waals surface area contributed by atoms with Gasteiger partial charge in [0.15, 0.2) is 0 Å². The van der Waals surface area contributed by atoms with E-state index in [1.165, 1.54) is 25.4 Å². The van der Waals surface area contributed by atoms with Gasteiger partial charge in [0.05, 0.1) is 0 Å². The molecule has 0 saturated carbocycles. The Bertz CT molecular complexity index is 173. The normalized spacial score (nSPS) is 14.3. The van der Waals surface area contributed by atoms with Crippen molar-refractivity contribution in [2.24, 2.45) is 0 Å². The molecule has 0 spiro atoms. The van der Waals surface area contributed by atoms with E-state index in [1.807, 2.05) is 5.06 Å². The molecular formula is C12H22N2O2V. The van der Waals surface area contributed by atoms with Crippen LogP contribution in [0.15, 0.2) is 25.7 Å². The molecule has 0 aromatic rings.